The molecule has 0 saturated heterocycles. The summed E-state index contributed by atoms with van der Waals surface area (Å²) in [5, 5.41) is 0. The number of hydrogen-bond acceptors (Lipinski definition) is 0. The molecule has 60 valence electrons. The maximum Gasteiger partial charge on any atom is 0.0165 e. The second-order valence-corrected chi connectivity index (χ2v) is 1.80. The monoisotopic (exact) mass is 495 g/mol. The van der Waals surface area contributed by atoms with Gasteiger partial charge in [-0.1, -0.05) is 6.92 Å². The van der Waals surface area contributed by atoms with Crippen molar-refractivity contribution >= 4 is 0 Å². The molecule has 0 aliphatic heterocycles. The first-order valence-electron chi connectivity index (χ1n) is 2.54. The first-order valence-corrected chi connectivity index (χ1v) is 2.54. The van der Waals surface area contributed by atoms with Crippen LogP contribution in [0.15, 0.2) is 12.1 Å². The van der Waals surface area contributed by atoms with Crippen LogP contribution in [0.4, 0.5) is 8.78 Å². The molecule has 0 heterocycles. The van der Waals surface area contributed by atoms with Crippen molar-refractivity contribution in [1.82, 2.24) is 0 Å². The second kappa shape index (κ2) is 6.03. The minimum Gasteiger partial charge on any atom is -0.236 e. The molecular weight excluding hydrogens is 490 g/mol. The Kier molecular flexibility index (Phi) is 7.67. The molecule has 0 aliphatic rings. The minimum absolute atomic E-state index is 0. The Morgan fingerprint density at radius 3 is 2.09 bits per heavy atom. The van der Waals surface area contributed by atoms with E-state index < -0.39 is 11.6 Å². The van der Waals surface area contributed by atoms with E-state index in [1.807, 2.05) is 6.07 Å². The third kappa shape index (κ3) is 4.13. The summed E-state index contributed by atoms with van der Waals surface area (Å²) in [4.78, 5) is 0. The number of rotatable bonds is 0. The first-order chi connectivity index (χ1) is 4.20. The largest absolute Gasteiger partial charge is 0.236 e. The van der Waals surface area contributed by atoms with Crippen LogP contribution in [0.5, 0.6) is 0 Å². The second-order valence-electron chi connectivity index (χ2n) is 1.80. The fraction of sp³-hybridized carbons (Fsp3) is 0.143. The van der Waals surface area contributed by atoms with Crippen LogP contribution in [0, 0.1) is 24.6 Å². The average Bonchev–Trinajstić information content (AvgIpc) is 1.80. The van der Waals surface area contributed by atoms with E-state index in [0.29, 0.717) is 5.56 Å². The van der Waals surface area contributed by atoms with Crippen molar-refractivity contribution < 1.29 is 50.9 Å². The van der Waals surface area contributed by atoms with Gasteiger partial charge in [0.15, 0.2) is 0 Å². The van der Waals surface area contributed by atoms with Gasteiger partial charge in [0.1, 0.15) is 0 Å². The molecule has 11 heavy (non-hydrogen) atoms. The molecule has 0 unspecified atom stereocenters. The third-order valence-corrected chi connectivity index (χ3v) is 1.06. The maximum absolute atomic E-state index is 12.3. The predicted octanol–water partition coefficient (Wildman–Crippen LogP) is 2.07. The summed E-state index contributed by atoms with van der Waals surface area (Å²) in [5.74, 6) is -1.27. The number of benzene rings is 1. The SMILES string of the molecule is Cc1ccc(F)[c-]c1F.[W].[W]. The molecule has 0 bridgehead atoms. The zero-order chi connectivity index (χ0) is 6.85. The topological polar surface area (TPSA) is 0 Å². The van der Waals surface area contributed by atoms with Gasteiger partial charge < -0.3 is 0 Å². The van der Waals surface area contributed by atoms with Crippen LogP contribution < -0.4 is 0 Å². The Bertz CT molecular complexity index is 226. The van der Waals surface area contributed by atoms with Crippen LogP contribution in [0.3, 0.4) is 0 Å². The molecule has 1 rings (SSSR count). The molecule has 0 radical (unpaired) electrons. The van der Waals surface area contributed by atoms with Gasteiger partial charge in [-0.3, -0.25) is 0 Å². The van der Waals surface area contributed by atoms with Crippen molar-refractivity contribution in [2.75, 3.05) is 0 Å². The normalized spacial score (nSPS) is 7.91. The minimum atomic E-state index is -0.655. The van der Waals surface area contributed by atoms with Gasteiger partial charge >= 0.3 is 0 Å². The molecule has 0 N–H and O–H groups in total. The average molecular weight is 495 g/mol. The van der Waals surface area contributed by atoms with Gasteiger partial charge in [0, 0.05) is 53.8 Å². The fourth-order valence-electron chi connectivity index (χ4n) is 0.516. The van der Waals surface area contributed by atoms with Gasteiger partial charge in [-0.25, -0.2) is 8.78 Å². The van der Waals surface area contributed by atoms with Crippen molar-refractivity contribution in [3.8, 4) is 0 Å². The molecule has 0 aliphatic carbocycles. The summed E-state index contributed by atoms with van der Waals surface area (Å²) in [6.45, 7) is 1.56. The molecule has 0 nitrogen and oxygen atoms in total. The van der Waals surface area contributed by atoms with Crippen molar-refractivity contribution in [2.45, 2.75) is 6.92 Å². The van der Waals surface area contributed by atoms with E-state index in [1.54, 1.807) is 6.92 Å². The van der Waals surface area contributed by atoms with Crippen LogP contribution in [0.2, 0.25) is 0 Å². The summed E-state index contributed by atoms with van der Waals surface area (Å²) in [6.07, 6.45) is 0. The Hall–Kier alpha value is 0.457. The van der Waals surface area contributed by atoms with E-state index in [4.69, 9.17) is 0 Å². The van der Waals surface area contributed by atoms with Gasteiger partial charge in [0.25, 0.3) is 0 Å². The molecular formula is C7H5F2W2-. The van der Waals surface area contributed by atoms with E-state index in [2.05, 4.69) is 0 Å². The molecule has 1 aromatic carbocycles. The Balaban J connectivity index is 0. The molecule has 0 atom stereocenters. The summed E-state index contributed by atoms with van der Waals surface area (Å²) < 4.78 is 24.3. The Labute approximate surface area is 92.9 Å². The van der Waals surface area contributed by atoms with Crippen LogP contribution in [-0.4, -0.2) is 0 Å². The van der Waals surface area contributed by atoms with Crippen molar-refractivity contribution in [3.63, 3.8) is 0 Å². The fourth-order valence-corrected chi connectivity index (χ4v) is 0.516. The predicted molar refractivity (Wildman–Crippen MR) is 29.9 cm³/mol. The summed E-state index contributed by atoms with van der Waals surface area (Å²) in [5.41, 5.74) is 0.413. The van der Waals surface area contributed by atoms with Gasteiger partial charge in [-0.15, -0.1) is 17.7 Å². The molecule has 0 fully saturated rings. The van der Waals surface area contributed by atoms with Crippen molar-refractivity contribution in [1.29, 1.82) is 0 Å². The molecule has 0 saturated carbocycles. The van der Waals surface area contributed by atoms with Crippen LogP contribution >= 0.6 is 0 Å². The van der Waals surface area contributed by atoms with Gasteiger partial charge in [-0.2, -0.15) is 6.07 Å². The molecule has 4 heteroatoms. The quantitative estimate of drug-likeness (QED) is 0.485. The standard InChI is InChI=1S/C7H5F2.2W/c1-5-2-3-6(8)4-7(5)9;;/h2-3H,1H3;;/q-1;;. The molecule has 0 amide bonds. The Morgan fingerprint density at radius 2 is 1.73 bits per heavy atom. The summed E-state index contributed by atoms with van der Waals surface area (Å²) >= 11 is 0. The smallest absolute Gasteiger partial charge is 0.0165 e. The van der Waals surface area contributed by atoms with E-state index in [-0.39, 0.29) is 42.1 Å². The first kappa shape index (κ1) is 14.0. The third-order valence-electron chi connectivity index (χ3n) is 1.06. The van der Waals surface area contributed by atoms with Crippen LogP contribution in [0.1, 0.15) is 5.56 Å². The zero-order valence-corrected chi connectivity index (χ0v) is 11.6. The van der Waals surface area contributed by atoms with Crippen molar-refractivity contribution in [2.24, 2.45) is 0 Å². The molecule has 1 aromatic rings. The van der Waals surface area contributed by atoms with Crippen molar-refractivity contribution in [3.05, 3.63) is 35.4 Å². The maximum atomic E-state index is 12.3. The number of aryl methyl sites for hydroxylation is 1. The summed E-state index contributed by atoms with van der Waals surface area (Å²) in [6, 6.07) is 4.46. The van der Waals surface area contributed by atoms with Gasteiger partial charge in [0.05, 0.1) is 0 Å². The number of halogens is 2. The van der Waals surface area contributed by atoms with Gasteiger partial charge in [-0.05, 0) is 0 Å². The zero-order valence-electron chi connectivity index (χ0n) is 5.73. The molecule has 0 spiro atoms. The van der Waals surface area contributed by atoms with E-state index in [0.717, 1.165) is 0 Å². The molecule has 0 aromatic heterocycles. The van der Waals surface area contributed by atoms with E-state index in [1.165, 1.54) is 12.1 Å². The van der Waals surface area contributed by atoms with E-state index in [9.17, 15) is 8.78 Å². The number of hydrogen-bond donors (Lipinski definition) is 0. The summed E-state index contributed by atoms with van der Waals surface area (Å²) in [7, 11) is 0. The van der Waals surface area contributed by atoms with Crippen LogP contribution in [-0.2, 0) is 42.1 Å². The van der Waals surface area contributed by atoms with E-state index >= 15 is 0 Å². The Morgan fingerprint density at radius 1 is 1.18 bits per heavy atom. The van der Waals surface area contributed by atoms with Crippen LogP contribution in [0.25, 0.3) is 0 Å². The van der Waals surface area contributed by atoms with Gasteiger partial charge in [0.2, 0.25) is 0 Å².